The lowest BCUT2D eigenvalue weighted by Crippen LogP contribution is -2.49. The molecule has 4 aromatic carbocycles. The van der Waals surface area contributed by atoms with Gasteiger partial charge in [0.25, 0.3) is 5.91 Å². The molecule has 3 N–H and O–H groups in total. The maximum Gasteiger partial charge on any atom is 0.323 e. The van der Waals surface area contributed by atoms with Gasteiger partial charge in [0.1, 0.15) is 25.2 Å². The van der Waals surface area contributed by atoms with E-state index < -0.39 is 24.0 Å². The fourth-order valence-electron chi connectivity index (χ4n) is 5.96. The number of methoxy groups -OCH3 is 1. The highest BCUT2D eigenvalue weighted by molar-refractivity contribution is 6.06. The van der Waals surface area contributed by atoms with Crippen LogP contribution in [0.2, 0.25) is 0 Å². The fourth-order valence-corrected chi connectivity index (χ4v) is 5.96. The van der Waals surface area contributed by atoms with Crippen molar-refractivity contribution in [2.75, 3.05) is 32.1 Å². The largest absolute Gasteiger partial charge is 0.497 e. The number of fused-ring (bicyclic) bond motifs is 1. The number of nitrogens with zero attached hydrogens (tertiary/aromatic N) is 5. The predicted octanol–water partition coefficient (Wildman–Crippen LogP) is 4.58. The minimum Gasteiger partial charge on any atom is -0.497 e. The minimum absolute atomic E-state index is 0.0860. The number of anilines is 1. The Morgan fingerprint density at radius 3 is 2.00 bits per heavy atom. The molecule has 0 radical (unpaired) electrons. The van der Waals surface area contributed by atoms with Gasteiger partial charge in [0.2, 0.25) is 5.91 Å². The van der Waals surface area contributed by atoms with Gasteiger partial charge in [0.15, 0.2) is 17.0 Å². The molecular weight excluding hydrogens is 634 g/mol. The van der Waals surface area contributed by atoms with Gasteiger partial charge in [-0.1, -0.05) is 91.0 Å². The second kappa shape index (κ2) is 15.2. The van der Waals surface area contributed by atoms with Crippen LogP contribution in [0, 0.1) is 0 Å². The van der Waals surface area contributed by atoms with Gasteiger partial charge in [0.05, 0.1) is 19.0 Å². The Labute approximate surface area is 288 Å². The van der Waals surface area contributed by atoms with Crippen LogP contribution in [0.5, 0.6) is 5.75 Å². The monoisotopic (exact) mass is 669 g/mol. The number of hydrogen-bond acceptors (Lipinski definition) is 8. The molecule has 0 saturated heterocycles. The summed E-state index contributed by atoms with van der Waals surface area (Å²) in [6.07, 6.45) is 2.70. The van der Waals surface area contributed by atoms with Crippen LogP contribution in [-0.4, -0.2) is 74.1 Å². The molecule has 0 fully saturated rings. The van der Waals surface area contributed by atoms with E-state index in [1.165, 1.54) is 22.1 Å². The van der Waals surface area contributed by atoms with E-state index in [1.807, 2.05) is 91.0 Å². The molecule has 12 nitrogen and oxygen atoms in total. The highest BCUT2D eigenvalue weighted by atomic mass is 16.5. The summed E-state index contributed by atoms with van der Waals surface area (Å²) in [6.45, 7) is -0.402. The van der Waals surface area contributed by atoms with Gasteiger partial charge < -0.3 is 24.6 Å². The van der Waals surface area contributed by atoms with Crippen LogP contribution in [0.1, 0.15) is 27.0 Å². The summed E-state index contributed by atoms with van der Waals surface area (Å²) in [5.41, 5.74) is 3.08. The molecule has 0 atom stereocenters. The van der Waals surface area contributed by atoms with Crippen molar-refractivity contribution in [2.45, 2.75) is 12.1 Å². The quantitative estimate of drug-likeness (QED) is 0.142. The standard InChI is InChI=1S/C38H35N7O5/c1-50-31-19-17-30(18-20-31)38(28-13-7-3-8-14-28,29-15-9-4-10-16-29)42-21-22-44(24-33(47)48)32(46)23-45-26-41-34-35(39-25-40-36(34)45)43-37(49)27-11-5-2-6-12-27/h2-20,25-26,42H,21-24H2,1H3,(H,47,48)(H,39,40,43,49). The summed E-state index contributed by atoms with van der Waals surface area (Å²) in [7, 11) is 1.62. The van der Waals surface area contributed by atoms with Crippen molar-refractivity contribution in [1.82, 2.24) is 29.7 Å². The summed E-state index contributed by atoms with van der Waals surface area (Å²) in [5.74, 6) is -1.05. The number of amides is 2. The zero-order chi connectivity index (χ0) is 34.9. The van der Waals surface area contributed by atoms with Crippen molar-refractivity contribution < 1.29 is 24.2 Å². The molecule has 0 bridgehead atoms. The number of rotatable bonds is 14. The van der Waals surface area contributed by atoms with Gasteiger partial charge in [0, 0.05) is 18.7 Å². The first-order valence-electron chi connectivity index (χ1n) is 15.9. The first-order valence-corrected chi connectivity index (χ1v) is 15.9. The fraction of sp³-hybridized carbons (Fsp3) is 0.158. The van der Waals surface area contributed by atoms with E-state index in [1.54, 1.807) is 31.4 Å². The minimum atomic E-state index is -1.14. The van der Waals surface area contributed by atoms with Crippen molar-refractivity contribution >= 4 is 34.8 Å². The number of carboxylic acid groups (broad SMARTS) is 1. The first-order chi connectivity index (χ1) is 24.4. The molecule has 6 aromatic rings. The lowest BCUT2D eigenvalue weighted by Gasteiger charge is -2.38. The van der Waals surface area contributed by atoms with Crippen LogP contribution in [0.15, 0.2) is 128 Å². The Kier molecular flexibility index (Phi) is 10.2. The van der Waals surface area contributed by atoms with Crippen LogP contribution in [-0.2, 0) is 21.7 Å². The van der Waals surface area contributed by atoms with Crippen LogP contribution < -0.4 is 15.4 Å². The number of benzene rings is 4. The molecular formula is C38H35N7O5. The van der Waals surface area contributed by atoms with Crippen molar-refractivity contribution in [3.05, 3.63) is 150 Å². The van der Waals surface area contributed by atoms with Crippen LogP contribution >= 0.6 is 0 Å². The van der Waals surface area contributed by atoms with Crippen molar-refractivity contribution in [3.8, 4) is 5.75 Å². The number of hydrogen-bond donors (Lipinski definition) is 3. The van der Waals surface area contributed by atoms with Gasteiger partial charge >= 0.3 is 5.97 Å². The number of nitrogens with one attached hydrogen (secondary N) is 2. The molecule has 0 aliphatic heterocycles. The molecule has 2 amide bonds. The van der Waals surface area contributed by atoms with Crippen LogP contribution in [0.3, 0.4) is 0 Å². The molecule has 0 unspecified atom stereocenters. The van der Waals surface area contributed by atoms with Crippen LogP contribution in [0.25, 0.3) is 11.2 Å². The molecule has 6 rings (SSSR count). The summed E-state index contributed by atoms with van der Waals surface area (Å²) in [4.78, 5) is 52.6. The number of carbonyl (C=O) groups excluding carboxylic acids is 2. The van der Waals surface area contributed by atoms with E-state index in [9.17, 15) is 19.5 Å². The summed E-state index contributed by atoms with van der Waals surface area (Å²) in [6, 6.07) is 36.4. The predicted molar refractivity (Wildman–Crippen MR) is 188 cm³/mol. The third kappa shape index (κ3) is 7.20. The van der Waals surface area contributed by atoms with Crippen molar-refractivity contribution in [3.63, 3.8) is 0 Å². The number of carboxylic acids is 1. The highest BCUT2D eigenvalue weighted by Crippen LogP contribution is 2.37. The average Bonchev–Trinajstić information content (AvgIpc) is 3.57. The van der Waals surface area contributed by atoms with Gasteiger partial charge in [-0.2, -0.15) is 0 Å². The molecule has 0 spiro atoms. The smallest absolute Gasteiger partial charge is 0.323 e. The lowest BCUT2D eigenvalue weighted by atomic mass is 9.77. The summed E-state index contributed by atoms with van der Waals surface area (Å²) >= 11 is 0. The van der Waals surface area contributed by atoms with Gasteiger partial charge in [-0.25, -0.2) is 15.0 Å². The Balaban J connectivity index is 1.25. The second-order valence-corrected chi connectivity index (χ2v) is 11.4. The van der Waals surface area contributed by atoms with Gasteiger partial charge in [-0.15, -0.1) is 0 Å². The third-order valence-electron chi connectivity index (χ3n) is 8.36. The van der Waals surface area contributed by atoms with Crippen molar-refractivity contribution in [1.29, 1.82) is 0 Å². The van der Waals surface area contributed by atoms with E-state index >= 15 is 0 Å². The van der Waals surface area contributed by atoms with E-state index in [-0.39, 0.29) is 31.4 Å². The number of ether oxygens (including phenoxy) is 1. The Morgan fingerprint density at radius 1 is 0.800 bits per heavy atom. The van der Waals surface area contributed by atoms with E-state index in [0.717, 1.165) is 16.7 Å². The molecule has 2 heterocycles. The molecule has 0 aliphatic rings. The van der Waals surface area contributed by atoms with Gasteiger partial charge in [-0.05, 0) is 41.0 Å². The Hall–Kier alpha value is -6.40. The molecule has 50 heavy (non-hydrogen) atoms. The van der Waals surface area contributed by atoms with E-state index in [0.29, 0.717) is 22.5 Å². The van der Waals surface area contributed by atoms with Gasteiger partial charge in [-0.3, -0.25) is 19.7 Å². The second-order valence-electron chi connectivity index (χ2n) is 11.4. The summed E-state index contributed by atoms with van der Waals surface area (Å²) < 4.78 is 6.94. The maximum atomic E-state index is 13.7. The molecule has 0 aliphatic carbocycles. The molecule has 2 aromatic heterocycles. The zero-order valence-electron chi connectivity index (χ0n) is 27.3. The zero-order valence-corrected chi connectivity index (χ0v) is 27.3. The van der Waals surface area contributed by atoms with Crippen LogP contribution in [0.4, 0.5) is 5.82 Å². The summed E-state index contributed by atoms with van der Waals surface area (Å²) in [5, 5.41) is 16.2. The molecule has 12 heteroatoms. The Morgan fingerprint density at radius 2 is 1.40 bits per heavy atom. The van der Waals surface area contributed by atoms with Crippen molar-refractivity contribution in [2.24, 2.45) is 0 Å². The SMILES string of the molecule is COc1ccc(C(NCCN(CC(=O)O)C(=O)Cn2cnc3c(NC(=O)c4ccccc4)ncnc32)(c2ccccc2)c2ccccc2)cc1. The molecule has 252 valence electrons. The maximum absolute atomic E-state index is 13.7. The Bertz CT molecular complexity index is 2030. The first kappa shape index (κ1) is 33.5. The average molecular weight is 670 g/mol. The number of imidazole rings is 1. The lowest BCUT2D eigenvalue weighted by molar-refractivity contribution is -0.144. The highest BCUT2D eigenvalue weighted by Gasteiger charge is 2.36. The normalized spacial score (nSPS) is 11.2. The number of aromatic nitrogens is 4. The molecule has 0 saturated carbocycles. The van der Waals surface area contributed by atoms with E-state index in [2.05, 4.69) is 25.6 Å². The van der Waals surface area contributed by atoms with E-state index in [4.69, 9.17) is 4.74 Å². The number of carbonyl (C=O) groups is 3. The third-order valence-corrected chi connectivity index (χ3v) is 8.36. The topological polar surface area (TPSA) is 152 Å². The number of aliphatic carboxylic acids is 1.